The number of rotatable bonds is 5. The third-order valence-electron chi connectivity index (χ3n) is 3.03. The fourth-order valence-corrected chi connectivity index (χ4v) is 2.05. The molecule has 20 heavy (non-hydrogen) atoms. The van der Waals surface area contributed by atoms with Gasteiger partial charge < -0.3 is 5.11 Å². The molecule has 0 amide bonds. The first-order valence-electron chi connectivity index (χ1n) is 6.40. The summed E-state index contributed by atoms with van der Waals surface area (Å²) in [6.07, 6.45) is 3.87. The van der Waals surface area contributed by atoms with Gasteiger partial charge in [-0.3, -0.25) is 19.0 Å². The molecule has 0 aliphatic carbocycles. The largest absolute Gasteiger partial charge is 0.494 e. The molecule has 0 saturated carbocycles. The predicted molar refractivity (Wildman–Crippen MR) is 71.7 cm³/mol. The highest BCUT2D eigenvalue weighted by Gasteiger charge is 2.16. The van der Waals surface area contributed by atoms with E-state index in [1.807, 2.05) is 0 Å². The normalized spacial score (nSPS) is 11.2. The second kappa shape index (κ2) is 5.72. The zero-order chi connectivity index (χ0) is 14.7. The summed E-state index contributed by atoms with van der Waals surface area (Å²) in [5.74, 6) is -0.423. The molecule has 8 nitrogen and oxygen atoms in total. The Hall–Kier alpha value is -2.38. The molecule has 8 heteroatoms. The van der Waals surface area contributed by atoms with E-state index in [2.05, 4.69) is 15.3 Å². The quantitative estimate of drug-likeness (QED) is 0.804. The van der Waals surface area contributed by atoms with Crippen LogP contribution in [-0.4, -0.2) is 29.7 Å². The van der Waals surface area contributed by atoms with Gasteiger partial charge in [-0.05, 0) is 12.3 Å². The monoisotopic (exact) mass is 279 g/mol. The molecule has 108 valence electrons. The fraction of sp³-hybridized carbons (Fsp3) is 0.500. The Balaban J connectivity index is 2.21. The summed E-state index contributed by atoms with van der Waals surface area (Å²) in [7, 11) is 0. The van der Waals surface area contributed by atoms with E-state index >= 15 is 0 Å². The van der Waals surface area contributed by atoms with Crippen LogP contribution in [0.25, 0.3) is 0 Å². The smallest absolute Gasteiger partial charge is 0.331 e. The van der Waals surface area contributed by atoms with E-state index in [1.165, 1.54) is 4.57 Å². The molecule has 0 atom stereocenters. The van der Waals surface area contributed by atoms with Crippen LogP contribution in [0.2, 0.25) is 0 Å². The first-order chi connectivity index (χ1) is 9.50. The van der Waals surface area contributed by atoms with Crippen molar-refractivity contribution in [2.45, 2.75) is 39.3 Å². The molecule has 2 rings (SSSR count). The Morgan fingerprint density at radius 2 is 2.10 bits per heavy atom. The molecule has 2 aromatic heterocycles. The number of aryl methyl sites for hydroxylation is 1. The van der Waals surface area contributed by atoms with Crippen molar-refractivity contribution in [2.75, 3.05) is 0 Å². The van der Waals surface area contributed by atoms with Crippen LogP contribution >= 0.6 is 0 Å². The summed E-state index contributed by atoms with van der Waals surface area (Å²) in [5, 5.41) is 17.6. The van der Waals surface area contributed by atoms with Crippen molar-refractivity contribution in [1.82, 2.24) is 24.5 Å². The minimum atomic E-state index is -0.601. The summed E-state index contributed by atoms with van der Waals surface area (Å²) in [4.78, 5) is 25.6. The number of nitrogens with zero attached hydrogens (tertiary/aromatic N) is 4. The van der Waals surface area contributed by atoms with Crippen molar-refractivity contribution in [2.24, 2.45) is 0 Å². The van der Waals surface area contributed by atoms with E-state index in [1.54, 1.807) is 30.9 Å². The van der Waals surface area contributed by atoms with E-state index in [0.29, 0.717) is 19.5 Å². The molecule has 2 heterocycles. The highest BCUT2D eigenvalue weighted by Crippen LogP contribution is 2.19. The lowest BCUT2D eigenvalue weighted by Crippen LogP contribution is -2.33. The number of hydrogen-bond donors (Lipinski definition) is 2. The van der Waals surface area contributed by atoms with Gasteiger partial charge in [0, 0.05) is 19.3 Å². The molecule has 2 N–H and O–H groups in total. The molecule has 2 aromatic rings. The van der Waals surface area contributed by atoms with Crippen molar-refractivity contribution < 1.29 is 5.11 Å². The van der Waals surface area contributed by atoms with Crippen LogP contribution in [0, 0.1) is 0 Å². The fourth-order valence-electron chi connectivity index (χ4n) is 2.05. The highest BCUT2D eigenvalue weighted by atomic mass is 16.3. The van der Waals surface area contributed by atoms with E-state index < -0.39 is 11.2 Å². The molecule has 0 unspecified atom stereocenters. The highest BCUT2D eigenvalue weighted by molar-refractivity contribution is 5.25. The maximum absolute atomic E-state index is 11.7. The van der Waals surface area contributed by atoms with Crippen LogP contribution in [0.1, 0.15) is 31.7 Å². The molecule has 0 radical (unpaired) electrons. The maximum atomic E-state index is 11.7. The van der Waals surface area contributed by atoms with E-state index in [0.717, 1.165) is 0 Å². The van der Waals surface area contributed by atoms with Crippen molar-refractivity contribution in [3.05, 3.63) is 38.8 Å². The zero-order valence-corrected chi connectivity index (χ0v) is 11.4. The molecule has 0 aromatic carbocycles. The zero-order valence-electron chi connectivity index (χ0n) is 11.4. The lowest BCUT2D eigenvalue weighted by atomic mass is 10.1. The van der Waals surface area contributed by atoms with E-state index in [9.17, 15) is 14.7 Å². The van der Waals surface area contributed by atoms with Crippen molar-refractivity contribution in [3.8, 4) is 5.88 Å². The van der Waals surface area contributed by atoms with Crippen LogP contribution in [0.5, 0.6) is 5.88 Å². The van der Waals surface area contributed by atoms with Crippen molar-refractivity contribution >= 4 is 0 Å². The SMILES string of the molecule is CC(C)c1c(O)n(CCCn2ccnn2)c(=O)[nH]c1=O. The van der Waals surface area contributed by atoms with Gasteiger partial charge in [0.25, 0.3) is 5.56 Å². The Kier molecular flexibility index (Phi) is 4.02. The van der Waals surface area contributed by atoms with Crippen LogP contribution in [0.3, 0.4) is 0 Å². The molecule has 0 bridgehead atoms. The Morgan fingerprint density at radius 1 is 1.35 bits per heavy atom. The molecule has 0 spiro atoms. The third-order valence-corrected chi connectivity index (χ3v) is 3.03. The van der Waals surface area contributed by atoms with Gasteiger partial charge in [0.2, 0.25) is 5.88 Å². The minimum absolute atomic E-state index is 0.166. The van der Waals surface area contributed by atoms with Crippen LogP contribution < -0.4 is 11.2 Å². The average molecular weight is 279 g/mol. The number of hydrogen-bond acceptors (Lipinski definition) is 5. The van der Waals surface area contributed by atoms with Gasteiger partial charge in [0.15, 0.2) is 0 Å². The summed E-state index contributed by atoms with van der Waals surface area (Å²) in [5.41, 5.74) is -0.907. The summed E-state index contributed by atoms with van der Waals surface area (Å²) < 4.78 is 2.81. The number of aromatic amines is 1. The summed E-state index contributed by atoms with van der Waals surface area (Å²) in [6.45, 7) is 4.44. The predicted octanol–water partition coefficient (Wildman–Crippen LogP) is 0.0474. The molecule has 0 aliphatic rings. The Bertz CT molecular complexity index is 684. The lowest BCUT2D eigenvalue weighted by Gasteiger charge is -2.13. The van der Waals surface area contributed by atoms with Gasteiger partial charge in [0.05, 0.1) is 11.8 Å². The van der Waals surface area contributed by atoms with Gasteiger partial charge in [0.1, 0.15) is 0 Å². The molecule has 0 aliphatic heterocycles. The Labute approximate surface area is 114 Å². The number of aromatic hydroxyl groups is 1. The molecule has 0 saturated heterocycles. The van der Waals surface area contributed by atoms with Gasteiger partial charge >= 0.3 is 5.69 Å². The molecular formula is C12H17N5O3. The first kappa shape index (κ1) is 14.0. The van der Waals surface area contributed by atoms with Crippen LogP contribution in [0.15, 0.2) is 22.0 Å². The lowest BCUT2D eigenvalue weighted by molar-refractivity contribution is 0.378. The topological polar surface area (TPSA) is 106 Å². The molecule has 0 fully saturated rings. The van der Waals surface area contributed by atoms with Crippen LogP contribution in [0.4, 0.5) is 0 Å². The van der Waals surface area contributed by atoms with E-state index in [4.69, 9.17) is 0 Å². The number of aromatic nitrogens is 5. The van der Waals surface area contributed by atoms with Gasteiger partial charge in [-0.1, -0.05) is 19.1 Å². The molecular weight excluding hydrogens is 262 g/mol. The average Bonchev–Trinajstić information content (AvgIpc) is 2.85. The van der Waals surface area contributed by atoms with Crippen molar-refractivity contribution in [3.63, 3.8) is 0 Å². The van der Waals surface area contributed by atoms with Gasteiger partial charge in [-0.15, -0.1) is 5.10 Å². The van der Waals surface area contributed by atoms with Gasteiger partial charge in [-0.2, -0.15) is 0 Å². The number of nitrogens with one attached hydrogen (secondary N) is 1. The third kappa shape index (κ3) is 2.79. The van der Waals surface area contributed by atoms with Gasteiger partial charge in [-0.25, -0.2) is 4.79 Å². The second-order valence-electron chi connectivity index (χ2n) is 4.82. The maximum Gasteiger partial charge on any atom is 0.331 e. The summed E-state index contributed by atoms with van der Waals surface area (Å²) in [6, 6.07) is 0. The summed E-state index contributed by atoms with van der Waals surface area (Å²) >= 11 is 0. The number of H-pyrrole nitrogens is 1. The van der Waals surface area contributed by atoms with Crippen LogP contribution in [-0.2, 0) is 13.1 Å². The van der Waals surface area contributed by atoms with Crippen molar-refractivity contribution in [1.29, 1.82) is 0 Å². The Morgan fingerprint density at radius 3 is 2.70 bits per heavy atom. The minimum Gasteiger partial charge on any atom is -0.494 e. The standard InChI is InChI=1S/C12H17N5O3/c1-8(2)9-10(18)14-12(20)17(11(9)19)6-3-5-16-7-4-13-15-16/h4,7-8,19H,3,5-6H2,1-2H3,(H,14,18,20). The second-order valence-corrected chi connectivity index (χ2v) is 4.82. The van der Waals surface area contributed by atoms with E-state index in [-0.39, 0.29) is 17.4 Å². The first-order valence-corrected chi connectivity index (χ1v) is 6.40.